The molecule has 0 saturated carbocycles. The molecular formula is C26H46N5O2S+. The smallest absolute Gasteiger partial charge is 0.228 e. The maximum absolute atomic E-state index is 12.1. The van der Waals surface area contributed by atoms with Crippen molar-refractivity contribution in [1.29, 1.82) is 0 Å². The first-order chi connectivity index (χ1) is 16.1. The number of unbranched alkanes of at least 4 members (excludes halogenated alkanes) is 9. The second-order valence-electron chi connectivity index (χ2n) is 10.3. The standard InChI is InChI=1S/C26H46N5O2S/c1-6-7-8-9-10-11-12-13-14-15-19-31(25(28-29-30-31)20-34(27,32)33)26-23(21(2)3)17-16-18-24(26)22(4)5/h16-18,21-22H,6-15,19-20H2,1-5H3,(H2,27,32,33)/q+1. The van der Waals surface area contributed by atoms with Gasteiger partial charge in [-0.15, -0.1) is 0 Å². The molecule has 0 radical (unpaired) electrons. The van der Waals surface area contributed by atoms with E-state index >= 15 is 0 Å². The van der Waals surface area contributed by atoms with E-state index in [9.17, 15) is 8.42 Å². The quantitative estimate of drug-likeness (QED) is 0.196. The second kappa shape index (κ2) is 13.4. The van der Waals surface area contributed by atoms with Gasteiger partial charge in [-0.05, 0) is 24.7 Å². The molecule has 0 bridgehead atoms. The second-order valence-corrected chi connectivity index (χ2v) is 11.9. The van der Waals surface area contributed by atoms with Crippen LogP contribution in [0.4, 0.5) is 5.69 Å². The van der Waals surface area contributed by atoms with Gasteiger partial charge in [-0.1, -0.05) is 114 Å². The molecule has 1 unspecified atom stereocenters. The lowest BCUT2D eigenvalue weighted by molar-refractivity contribution is 0.394. The van der Waals surface area contributed by atoms with Gasteiger partial charge in [-0.25, -0.2) is 13.6 Å². The van der Waals surface area contributed by atoms with Gasteiger partial charge in [0.25, 0.3) is 5.84 Å². The molecular weight excluding hydrogens is 446 g/mol. The lowest BCUT2D eigenvalue weighted by Crippen LogP contribution is -2.52. The predicted molar refractivity (Wildman–Crippen MR) is 143 cm³/mol. The number of primary sulfonamides is 1. The SMILES string of the molecule is CCCCCCCCCCCC[N+]1(c2c(C(C)C)cccc2C(C)C)N=NN=C1CS(N)(=O)=O. The first kappa shape index (κ1) is 28.6. The summed E-state index contributed by atoms with van der Waals surface area (Å²) in [6.45, 7) is 11.5. The van der Waals surface area contributed by atoms with Crippen LogP contribution < -0.4 is 9.73 Å². The molecule has 0 fully saturated rings. The van der Waals surface area contributed by atoms with E-state index in [4.69, 9.17) is 5.14 Å². The average molecular weight is 493 g/mol. The van der Waals surface area contributed by atoms with Gasteiger partial charge in [0.05, 0.1) is 5.22 Å². The van der Waals surface area contributed by atoms with Gasteiger partial charge in [0, 0.05) is 16.4 Å². The Morgan fingerprint density at radius 1 is 0.853 bits per heavy atom. The van der Waals surface area contributed by atoms with Gasteiger partial charge in [0.2, 0.25) is 10.0 Å². The van der Waals surface area contributed by atoms with Crippen molar-refractivity contribution in [2.24, 2.45) is 20.7 Å². The molecule has 1 heterocycles. The highest BCUT2D eigenvalue weighted by Crippen LogP contribution is 2.42. The van der Waals surface area contributed by atoms with Gasteiger partial charge in [0.1, 0.15) is 6.54 Å². The molecule has 1 atom stereocenters. The van der Waals surface area contributed by atoms with Gasteiger partial charge in [-0.3, -0.25) is 0 Å². The molecule has 192 valence electrons. The summed E-state index contributed by atoms with van der Waals surface area (Å²) in [6.07, 6.45) is 12.3. The Hall–Kier alpha value is -1.64. The molecule has 0 amide bonds. The van der Waals surface area contributed by atoms with Crippen molar-refractivity contribution >= 4 is 21.5 Å². The fourth-order valence-electron chi connectivity index (χ4n) is 4.81. The van der Waals surface area contributed by atoms with Crippen LogP contribution in [0, 0.1) is 0 Å². The highest BCUT2D eigenvalue weighted by atomic mass is 32.2. The molecule has 0 aromatic heterocycles. The Labute approximate surface area is 207 Å². The molecule has 2 rings (SSSR count). The third-order valence-electron chi connectivity index (χ3n) is 6.66. The molecule has 1 aliphatic heterocycles. The van der Waals surface area contributed by atoms with Crippen molar-refractivity contribution in [3.63, 3.8) is 0 Å². The average Bonchev–Trinajstić information content (AvgIpc) is 3.15. The number of amidine groups is 1. The van der Waals surface area contributed by atoms with Crippen molar-refractivity contribution in [1.82, 2.24) is 4.59 Å². The largest absolute Gasteiger partial charge is 0.274 e. The van der Waals surface area contributed by atoms with Crippen LogP contribution in [0.2, 0.25) is 0 Å². The Bertz CT molecular complexity index is 914. The summed E-state index contributed by atoms with van der Waals surface area (Å²) in [5, 5.41) is 18.3. The predicted octanol–water partition coefficient (Wildman–Crippen LogP) is 7.14. The van der Waals surface area contributed by atoms with Crippen molar-refractivity contribution in [3.05, 3.63) is 29.3 Å². The van der Waals surface area contributed by atoms with E-state index in [0.717, 1.165) is 29.7 Å². The van der Waals surface area contributed by atoms with E-state index in [1.807, 2.05) is 0 Å². The van der Waals surface area contributed by atoms with E-state index in [2.05, 4.69) is 68.4 Å². The van der Waals surface area contributed by atoms with E-state index < -0.39 is 10.0 Å². The lowest BCUT2D eigenvalue weighted by Gasteiger charge is -2.32. The normalized spacial score (nSPS) is 18.3. The Balaban J connectivity index is 2.23. The summed E-state index contributed by atoms with van der Waals surface area (Å²) in [7, 11) is -3.77. The zero-order valence-electron chi connectivity index (χ0n) is 22.0. The first-order valence-electron chi connectivity index (χ1n) is 13.1. The number of para-hydroxylation sites is 1. The topological polar surface area (TPSA) is 97.2 Å². The van der Waals surface area contributed by atoms with Gasteiger partial charge < -0.3 is 0 Å². The number of hydrogen-bond acceptors (Lipinski definition) is 5. The molecule has 0 spiro atoms. The summed E-state index contributed by atoms with van der Waals surface area (Å²) < 4.78 is 24.2. The van der Waals surface area contributed by atoms with Crippen LogP contribution >= 0.6 is 0 Å². The van der Waals surface area contributed by atoms with Crippen LogP contribution in [0.5, 0.6) is 0 Å². The van der Waals surface area contributed by atoms with Crippen molar-refractivity contribution in [2.75, 3.05) is 12.3 Å². The Morgan fingerprint density at radius 3 is 1.82 bits per heavy atom. The highest BCUT2D eigenvalue weighted by Gasteiger charge is 2.47. The fourth-order valence-corrected chi connectivity index (χ4v) is 5.44. The monoisotopic (exact) mass is 492 g/mol. The third kappa shape index (κ3) is 7.95. The molecule has 0 aliphatic carbocycles. The fraction of sp³-hybridized carbons (Fsp3) is 0.731. The number of hydrogen-bond donors (Lipinski definition) is 1. The maximum Gasteiger partial charge on any atom is 0.274 e. The summed E-state index contributed by atoms with van der Waals surface area (Å²) in [5.74, 6) is 0.557. The highest BCUT2D eigenvalue weighted by molar-refractivity contribution is 7.89. The van der Waals surface area contributed by atoms with Gasteiger partial charge in [0.15, 0.2) is 11.4 Å². The molecule has 1 aliphatic rings. The Kier molecular flexibility index (Phi) is 11.3. The van der Waals surface area contributed by atoms with Crippen LogP contribution in [-0.4, -0.2) is 26.6 Å². The zero-order chi connectivity index (χ0) is 25.2. The third-order valence-corrected chi connectivity index (χ3v) is 7.32. The summed E-state index contributed by atoms with van der Waals surface area (Å²) in [5.41, 5.74) is 3.33. The van der Waals surface area contributed by atoms with Crippen LogP contribution in [0.25, 0.3) is 0 Å². The number of rotatable bonds is 16. The van der Waals surface area contributed by atoms with Crippen LogP contribution in [0.15, 0.2) is 33.7 Å². The molecule has 8 heteroatoms. The zero-order valence-corrected chi connectivity index (χ0v) is 22.8. The molecule has 1 aromatic carbocycles. The summed E-state index contributed by atoms with van der Waals surface area (Å²) in [4.78, 5) is 0. The summed E-state index contributed by atoms with van der Waals surface area (Å²) >= 11 is 0. The first-order valence-corrected chi connectivity index (χ1v) is 14.9. The van der Waals surface area contributed by atoms with Crippen molar-refractivity contribution in [2.45, 2.75) is 111 Å². The van der Waals surface area contributed by atoms with Crippen LogP contribution in [-0.2, 0) is 10.0 Å². The van der Waals surface area contributed by atoms with E-state index in [-0.39, 0.29) is 22.2 Å². The number of benzene rings is 1. The minimum atomic E-state index is -3.77. The van der Waals surface area contributed by atoms with Crippen LogP contribution in [0.3, 0.4) is 0 Å². The molecule has 2 N–H and O–H groups in total. The number of nitrogens with zero attached hydrogens (tertiary/aromatic N) is 4. The van der Waals surface area contributed by atoms with Crippen molar-refractivity contribution < 1.29 is 8.42 Å². The van der Waals surface area contributed by atoms with E-state index in [1.165, 1.54) is 51.4 Å². The minimum absolute atomic E-state index is 0.0231. The summed E-state index contributed by atoms with van der Waals surface area (Å²) in [6, 6.07) is 6.31. The van der Waals surface area contributed by atoms with Crippen molar-refractivity contribution in [3.8, 4) is 0 Å². The number of quaternary nitrogens is 1. The van der Waals surface area contributed by atoms with Gasteiger partial charge >= 0.3 is 0 Å². The Morgan fingerprint density at radius 2 is 1.35 bits per heavy atom. The molecule has 0 saturated heterocycles. The maximum atomic E-state index is 12.1. The van der Waals surface area contributed by atoms with E-state index in [1.54, 1.807) is 0 Å². The molecule has 34 heavy (non-hydrogen) atoms. The number of nitrogens with two attached hydrogens (primary N) is 1. The minimum Gasteiger partial charge on any atom is -0.228 e. The molecule has 1 aromatic rings. The molecule has 7 nitrogen and oxygen atoms in total. The lowest BCUT2D eigenvalue weighted by atomic mass is 9.91. The van der Waals surface area contributed by atoms with E-state index in [0.29, 0.717) is 12.4 Å². The number of sulfonamides is 1. The van der Waals surface area contributed by atoms with Gasteiger partial charge in [-0.2, -0.15) is 0 Å². The van der Waals surface area contributed by atoms with Crippen LogP contribution in [0.1, 0.15) is 122 Å².